The lowest BCUT2D eigenvalue weighted by Gasteiger charge is -2.05. The largest absolute Gasteiger partial charge is 0.482 e. The van der Waals surface area contributed by atoms with Gasteiger partial charge in [-0.2, -0.15) is 8.78 Å². The van der Waals surface area contributed by atoms with Gasteiger partial charge in [0, 0.05) is 4.70 Å². The average Bonchev–Trinajstić information content (AvgIpc) is 2.90. The second-order valence-corrected chi connectivity index (χ2v) is 6.24. The highest BCUT2D eigenvalue weighted by Gasteiger charge is 2.07. The first-order valence-corrected chi connectivity index (χ1v) is 7.97. The van der Waals surface area contributed by atoms with Gasteiger partial charge < -0.3 is 4.74 Å². The normalized spacial score (nSPS) is 10.6. The van der Waals surface area contributed by atoms with Crippen molar-refractivity contribution in [3.63, 3.8) is 0 Å². The minimum Gasteiger partial charge on any atom is -0.482 e. The van der Waals surface area contributed by atoms with Crippen molar-refractivity contribution in [1.29, 1.82) is 0 Å². The van der Waals surface area contributed by atoms with Crippen LogP contribution in [-0.4, -0.2) is 11.7 Å². The van der Waals surface area contributed by atoms with Crippen molar-refractivity contribution in [3.8, 4) is 0 Å². The Morgan fingerprint density at radius 2 is 2.00 bits per heavy atom. The molecule has 0 spiro atoms. The van der Waals surface area contributed by atoms with Crippen LogP contribution in [0.25, 0.3) is 10.1 Å². The fourth-order valence-corrected chi connectivity index (χ4v) is 3.13. The first-order chi connectivity index (χ1) is 10.1. The summed E-state index contributed by atoms with van der Waals surface area (Å²) < 4.78 is 31.2. The summed E-state index contributed by atoms with van der Waals surface area (Å²) in [7, 11) is 0. The molecule has 1 nitrogen and oxygen atoms in total. The monoisotopic (exact) mass is 326 g/mol. The number of fused-ring (bicyclic) bond motifs is 1. The van der Waals surface area contributed by atoms with E-state index in [0.717, 1.165) is 16.7 Å². The summed E-state index contributed by atoms with van der Waals surface area (Å²) in [5.41, 5.74) is 0.155. The molecule has 0 bridgehead atoms. The van der Waals surface area contributed by atoms with E-state index in [-0.39, 0.29) is 5.57 Å². The lowest BCUT2D eigenvalue weighted by molar-refractivity contribution is 0.303. The quantitative estimate of drug-likeness (QED) is 0.480. The summed E-state index contributed by atoms with van der Waals surface area (Å²) in [5.74, 6) is 0. The zero-order valence-corrected chi connectivity index (χ0v) is 13.3. The summed E-state index contributed by atoms with van der Waals surface area (Å²) in [4.78, 5) is 0.942. The summed E-state index contributed by atoms with van der Waals surface area (Å²) >= 11 is 6.87. The molecular formula is C16H16F2OS2. The fourth-order valence-electron chi connectivity index (χ4n) is 1.91. The van der Waals surface area contributed by atoms with E-state index in [1.807, 2.05) is 30.3 Å². The Balaban J connectivity index is 1.78. The Hall–Kier alpha value is -1.33. The Kier molecular flexibility index (Phi) is 5.82. The molecule has 0 amide bonds. The Morgan fingerprint density at radius 1 is 1.24 bits per heavy atom. The SMILES string of the molecule is CC(CCCCOC(=S)c1cc2ccccc2s1)=C(F)F. The molecule has 0 saturated heterocycles. The zero-order valence-electron chi connectivity index (χ0n) is 11.7. The van der Waals surface area contributed by atoms with Crippen LogP contribution in [0.4, 0.5) is 8.78 Å². The summed E-state index contributed by atoms with van der Waals surface area (Å²) in [6.45, 7) is 1.92. The van der Waals surface area contributed by atoms with Gasteiger partial charge in [-0.15, -0.1) is 11.3 Å². The molecule has 0 unspecified atom stereocenters. The molecule has 0 radical (unpaired) electrons. The predicted molar refractivity (Wildman–Crippen MR) is 88.2 cm³/mol. The fraction of sp³-hybridized carbons (Fsp3) is 0.312. The van der Waals surface area contributed by atoms with E-state index in [4.69, 9.17) is 17.0 Å². The van der Waals surface area contributed by atoms with E-state index in [1.165, 1.54) is 11.6 Å². The van der Waals surface area contributed by atoms with E-state index in [9.17, 15) is 8.78 Å². The highest BCUT2D eigenvalue weighted by molar-refractivity contribution is 7.80. The number of benzene rings is 1. The molecule has 112 valence electrons. The minimum atomic E-state index is -1.57. The van der Waals surface area contributed by atoms with Gasteiger partial charge in [0.25, 0.3) is 6.08 Å². The van der Waals surface area contributed by atoms with Crippen LogP contribution in [0, 0.1) is 0 Å². The third kappa shape index (κ3) is 4.58. The molecule has 0 N–H and O–H groups in total. The predicted octanol–water partition coefficient (Wildman–Crippen LogP) is 5.93. The van der Waals surface area contributed by atoms with Gasteiger partial charge in [-0.3, -0.25) is 0 Å². The number of halogens is 2. The van der Waals surface area contributed by atoms with Crippen LogP contribution in [0.15, 0.2) is 42.0 Å². The molecule has 0 aliphatic carbocycles. The Labute approximate surface area is 132 Å². The maximum absolute atomic E-state index is 12.2. The number of hydrogen-bond donors (Lipinski definition) is 0. The third-order valence-electron chi connectivity index (χ3n) is 3.13. The average molecular weight is 326 g/mol. The zero-order chi connectivity index (χ0) is 15.2. The van der Waals surface area contributed by atoms with Gasteiger partial charge in [-0.1, -0.05) is 18.2 Å². The van der Waals surface area contributed by atoms with Gasteiger partial charge in [-0.25, -0.2) is 0 Å². The second kappa shape index (κ2) is 7.61. The van der Waals surface area contributed by atoms with Crippen LogP contribution >= 0.6 is 23.6 Å². The van der Waals surface area contributed by atoms with Crippen molar-refractivity contribution in [2.24, 2.45) is 0 Å². The standard InChI is InChI=1S/C16H16F2OS2/c1-11(15(17)18)6-4-5-9-19-16(20)14-10-12-7-2-3-8-13(12)21-14/h2-3,7-8,10H,4-6,9H2,1H3. The van der Waals surface area contributed by atoms with Crippen LogP contribution in [0.1, 0.15) is 31.1 Å². The smallest absolute Gasteiger partial charge is 0.269 e. The number of rotatable bonds is 6. The number of hydrogen-bond acceptors (Lipinski definition) is 3. The van der Waals surface area contributed by atoms with Gasteiger partial charge in [0.2, 0.25) is 5.05 Å². The molecule has 0 fully saturated rings. The molecule has 0 atom stereocenters. The number of unbranched alkanes of at least 4 members (excludes halogenated alkanes) is 1. The van der Waals surface area contributed by atoms with Gasteiger partial charge >= 0.3 is 0 Å². The van der Waals surface area contributed by atoms with Crippen molar-refractivity contribution in [3.05, 3.63) is 46.9 Å². The molecule has 1 heterocycles. The highest BCUT2D eigenvalue weighted by atomic mass is 32.1. The number of thiocarbonyl (C=S) groups is 1. The molecule has 2 aromatic rings. The van der Waals surface area contributed by atoms with Crippen molar-refractivity contribution in [2.75, 3.05) is 6.61 Å². The number of allylic oxidation sites excluding steroid dienone is 1. The Bertz CT molecular complexity index is 624. The molecule has 0 aliphatic heterocycles. The topological polar surface area (TPSA) is 9.23 Å². The van der Waals surface area contributed by atoms with E-state index in [1.54, 1.807) is 11.3 Å². The summed E-state index contributed by atoms with van der Waals surface area (Å²) in [6.07, 6.45) is 0.228. The molecule has 1 aromatic heterocycles. The molecule has 5 heteroatoms. The third-order valence-corrected chi connectivity index (χ3v) is 4.71. The van der Waals surface area contributed by atoms with Crippen LogP contribution in [-0.2, 0) is 4.74 Å². The van der Waals surface area contributed by atoms with Crippen LogP contribution in [0.2, 0.25) is 0 Å². The second-order valence-electron chi connectivity index (χ2n) is 4.78. The molecule has 21 heavy (non-hydrogen) atoms. The van der Waals surface area contributed by atoms with Crippen LogP contribution in [0.3, 0.4) is 0 Å². The van der Waals surface area contributed by atoms with Crippen molar-refractivity contribution < 1.29 is 13.5 Å². The van der Waals surface area contributed by atoms with E-state index in [2.05, 4.69) is 0 Å². The first-order valence-electron chi connectivity index (χ1n) is 6.74. The molecule has 0 aliphatic rings. The lowest BCUT2D eigenvalue weighted by atomic mass is 10.1. The minimum absolute atomic E-state index is 0.155. The summed E-state index contributed by atoms with van der Waals surface area (Å²) in [6, 6.07) is 10.1. The van der Waals surface area contributed by atoms with E-state index in [0.29, 0.717) is 24.5 Å². The molecule has 1 aromatic carbocycles. The van der Waals surface area contributed by atoms with Gasteiger partial charge in [-0.05, 0) is 61.5 Å². The maximum atomic E-state index is 12.2. The van der Waals surface area contributed by atoms with E-state index >= 15 is 0 Å². The van der Waals surface area contributed by atoms with Gasteiger partial charge in [0.15, 0.2) is 0 Å². The molecular weight excluding hydrogens is 310 g/mol. The number of thiophene rings is 1. The van der Waals surface area contributed by atoms with Crippen molar-refractivity contribution >= 4 is 38.7 Å². The van der Waals surface area contributed by atoms with Crippen molar-refractivity contribution in [2.45, 2.75) is 26.2 Å². The lowest BCUT2D eigenvalue weighted by Crippen LogP contribution is -2.03. The Morgan fingerprint density at radius 3 is 2.71 bits per heavy atom. The maximum Gasteiger partial charge on any atom is 0.269 e. The summed E-state index contributed by atoms with van der Waals surface area (Å²) in [5, 5.41) is 1.64. The molecule has 2 rings (SSSR count). The van der Waals surface area contributed by atoms with Crippen LogP contribution < -0.4 is 0 Å². The first kappa shape index (κ1) is 16.0. The van der Waals surface area contributed by atoms with E-state index < -0.39 is 6.08 Å². The van der Waals surface area contributed by atoms with Crippen molar-refractivity contribution in [1.82, 2.24) is 0 Å². The van der Waals surface area contributed by atoms with Crippen LogP contribution in [0.5, 0.6) is 0 Å². The highest BCUT2D eigenvalue weighted by Crippen LogP contribution is 2.26. The molecule has 0 saturated carbocycles. The van der Waals surface area contributed by atoms with Gasteiger partial charge in [0.05, 0.1) is 11.5 Å². The number of ether oxygens (including phenoxy) is 1. The van der Waals surface area contributed by atoms with Gasteiger partial charge in [0.1, 0.15) is 0 Å².